The number of anilines is 1. The van der Waals surface area contributed by atoms with E-state index in [2.05, 4.69) is 10.1 Å². The van der Waals surface area contributed by atoms with Crippen LogP contribution in [0.2, 0.25) is 0 Å². The summed E-state index contributed by atoms with van der Waals surface area (Å²) in [6.45, 7) is 0. The van der Waals surface area contributed by atoms with Gasteiger partial charge >= 0.3 is 0 Å². The summed E-state index contributed by atoms with van der Waals surface area (Å²) in [5.74, 6) is 1.79. The van der Waals surface area contributed by atoms with Crippen molar-refractivity contribution in [2.45, 2.75) is 18.5 Å². The summed E-state index contributed by atoms with van der Waals surface area (Å²) in [4.78, 5) is 20.1. The van der Waals surface area contributed by atoms with Gasteiger partial charge in [-0.1, -0.05) is 48.5 Å². The van der Waals surface area contributed by atoms with Crippen molar-refractivity contribution in [3.05, 3.63) is 102 Å². The summed E-state index contributed by atoms with van der Waals surface area (Å²) in [5, 5.41) is 4.50. The van der Waals surface area contributed by atoms with E-state index in [0.29, 0.717) is 23.7 Å². The van der Waals surface area contributed by atoms with Gasteiger partial charge in [0.05, 0.1) is 26.3 Å². The van der Waals surface area contributed by atoms with E-state index in [1.807, 2.05) is 71.4 Å². The first-order chi connectivity index (χ1) is 16.2. The number of ether oxygens (including phenoxy) is 2. The molecule has 4 aromatic rings. The van der Waals surface area contributed by atoms with Gasteiger partial charge in [-0.3, -0.25) is 9.69 Å². The molecule has 7 nitrogen and oxygen atoms in total. The number of nitrogens with zero attached hydrogens (tertiary/aromatic N) is 4. The van der Waals surface area contributed by atoms with E-state index in [-0.39, 0.29) is 18.0 Å². The summed E-state index contributed by atoms with van der Waals surface area (Å²) < 4.78 is 12.5. The number of hydrogen-bond acceptors (Lipinski definition) is 5. The van der Waals surface area contributed by atoms with E-state index < -0.39 is 0 Å². The standard InChI is InChI=1S/C26H24N4O3/c1-32-21-13-11-19(12-14-21)24-16-23(18-7-4-3-5-8-18)29(26-27-17-28-30(24)26)25(31)20-9-6-10-22(15-20)33-2/h3-15,17,23-24H,16H2,1-2H3/t23-,24+/m1/s1. The number of rotatable bonds is 5. The average Bonchev–Trinajstić information content (AvgIpc) is 3.38. The van der Waals surface area contributed by atoms with Crippen molar-refractivity contribution in [2.75, 3.05) is 19.1 Å². The van der Waals surface area contributed by atoms with E-state index in [1.54, 1.807) is 31.3 Å². The van der Waals surface area contributed by atoms with Gasteiger partial charge in [-0.05, 0) is 47.9 Å². The smallest absolute Gasteiger partial charge is 0.261 e. The van der Waals surface area contributed by atoms with Crippen molar-refractivity contribution in [1.82, 2.24) is 14.8 Å². The second-order valence-electron chi connectivity index (χ2n) is 7.86. The Morgan fingerprint density at radius 3 is 2.30 bits per heavy atom. The number of hydrogen-bond donors (Lipinski definition) is 0. The third-order valence-corrected chi connectivity index (χ3v) is 6.04. The SMILES string of the molecule is COc1ccc([C@@H]2C[C@H](c3ccccc3)N(C(=O)c3cccc(OC)c3)c3ncnn32)cc1. The van der Waals surface area contributed by atoms with Crippen LogP contribution in [0.1, 0.15) is 40.0 Å². The molecule has 2 atom stereocenters. The minimum absolute atomic E-state index is 0.0760. The Morgan fingerprint density at radius 1 is 0.848 bits per heavy atom. The van der Waals surface area contributed by atoms with Crippen LogP contribution in [0.3, 0.4) is 0 Å². The Hall–Kier alpha value is -4.13. The number of benzene rings is 3. The molecule has 1 aliphatic rings. The van der Waals surface area contributed by atoms with Crippen molar-refractivity contribution < 1.29 is 14.3 Å². The lowest BCUT2D eigenvalue weighted by Gasteiger charge is -2.39. The number of methoxy groups -OCH3 is 2. The van der Waals surface area contributed by atoms with E-state index in [0.717, 1.165) is 16.9 Å². The summed E-state index contributed by atoms with van der Waals surface area (Å²) in [6.07, 6.45) is 2.16. The van der Waals surface area contributed by atoms with Crippen LogP contribution in [0.25, 0.3) is 0 Å². The third kappa shape index (κ3) is 3.82. The largest absolute Gasteiger partial charge is 0.497 e. The molecule has 166 valence electrons. The first kappa shape index (κ1) is 20.8. The van der Waals surface area contributed by atoms with Crippen LogP contribution in [-0.2, 0) is 0 Å². The maximum absolute atomic E-state index is 13.8. The molecule has 1 aliphatic heterocycles. The van der Waals surface area contributed by atoms with Gasteiger partial charge in [0.1, 0.15) is 17.8 Å². The minimum atomic E-state index is -0.214. The van der Waals surface area contributed by atoms with Crippen LogP contribution in [-0.4, -0.2) is 34.9 Å². The topological polar surface area (TPSA) is 69.5 Å². The van der Waals surface area contributed by atoms with E-state index in [1.165, 1.54) is 6.33 Å². The molecule has 0 unspecified atom stereocenters. The first-order valence-electron chi connectivity index (χ1n) is 10.8. The molecular formula is C26H24N4O3. The van der Waals surface area contributed by atoms with Gasteiger partial charge in [0.15, 0.2) is 0 Å². The predicted octanol–water partition coefficient (Wildman–Crippen LogP) is 4.68. The highest BCUT2D eigenvalue weighted by atomic mass is 16.5. The molecule has 33 heavy (non-hydrogen) atoms. The molecule has 1 amide bonds. The van der Waals surface area contributed by atoms with E-state index in [4.69, 9.17) is 9.47 Å². The molecule has 0 saturated heterocycles. The Balaban J connectivity index is 1.62. The van der Waals surface area contributed by atoms with Crippen molar-refractivity contribution in [3.63, 3.8) is 0 Å². The number of carbonyl (C=O) groups excluding carboxylic acids is 1. The highest BCUT2D eigenvalue weighted by molar-refractivity contribution is 6.06. The van der Waals surface area contributed by atoms with E-state index >= 15 is 0 Å². The number of fused-ring (bicyclic) bond motifs is 1. The zero-order chi connectivity index (χ0) is 22.8. The van der Waals surface area contributed by atoms with Crippen LogP contribution >= 0.6 is 0 Å². The second kappa shape index (κ2) is 8.78. The van der Waals surface area contributed by atoms with Crippen LogP contribution in [0.4, 0.5) is 5.95 Å². The zero-order valence-corrected chi connectivity index (χ0v) is 18.5. The minimum Gasteiger partial charge on any atom is -0.497 e. The molecule has 0 saturated carbocycles. The van der Waals surface area contributed by atoms with Crippen LogP contribution in [0.15, 0.2) is 85.2 Å². The number of aromatic nitrogens is 3. The Labute approximate surface area is 192 Å². The molecule has 0 fully saturated rings. The normalized spacial score (nSPS) is 17.3. The Kier molecular flexibility index (Phi) is 5.52. The maximum Gasteiger partial charge on any atom is 0.261 e. The van der Waals surface area contributed by atoms with Gasteiger partial charge in [-0.25, -0.2) is 4.68 Å². The fourth-order valence-corrected chi connectivity index (χ4v) is 4.38. The summed E-state index contributed by atoms with van der Waals surface area (Å²) in [7, 11) is 3.24. The molecule has 0 aliphatic carbocycles. The Morgan fingerprint density at radius 2 is 1.58 bits per heavy atom. The van der Waals surface area contributed by atoms with Crippen molar-refractivity contribution in [3.8, 4) is 11.5 Å². The monoisotopic (exact) mass is 440 g/mol. The molecule has 5 rings (SSSR count). The molecule has 3 aromatic carbocycles. The van der Waals surface area contributed by atoms with Gasteiger partial charge in [-0.15, -0.1) is 0 Å². The van der Waals surface area contributed by atoms with E-state index in [9.17, 15) is 4.79 Å². The van der Waals surface area contributed by atoms with Gasteiger partial charge < -0.3 is 9.47 Å². The average molecular weight is 441 g/mol. The maximum atomic E-state index is 13.8. The van der Waals surface area contributed by atoms with Gasteiger partial charge in [0, 0.05) is 5.56 Å². The third-order valence-electron chi connectivity index (χ3n) is 6.04. The molecule has 1 aromatic heterocycles. The Bertz CT molecular complexity index is 1250. The lowest BCUT2D eigenvalue weighted by molar-refractivity contribution is 0.0963. The van der Waals surface area contributed by atoms with Crippen molar-refractivity contribution in [1.29, 1.82) is 0 Å². The number of carbonyl (C=O) groups is 1. The molecule has 0 N–H and O–H groups in total. The predicted molar refractivity (Wildman–Crippen MR) is 125 cm³/mol. The van der Waals surface area contributed by atoms with Crippen molar-refractivity contribution >= 4 is 11.9 Å². The lowest BCUT2D eigenvalue weighted by Crippen LogP contribution is -2.42. The fraction of sp³-hybridized carbons (Fsp3) is 0.192. The lowest BCUT2D eigenvalue weighted by atomic mass is 9.91. The van der Waals surface area contributed by atoms with Crippen LogP contribution in [0.5, 0.6) is 11.5 Å². The van der Waals surface area contributed by atoms with Crippen LogP contribution < -0.4 is 14.4 Å². The first-order valence-corrected chi connectivity index (χ1v) is 10.8. The molecule has 7 heteroatoms. The summed E-state index contributed by atoms with van der Waals surface area (Å²) in [6, 6.07) is 24.9. The fourth-order valence-electron chi connectivity index (χ4n) is 4.38. The zero-order valence-electron chi connectivity index (χ0n) is 18.5. The molecule has 2 heterocycles. The van der Waals surface area contributed by atoms with Gasteiger partial charge in [0.25, 0.3) is 5.91 Å². The highest BCUT2D eigenvalue weighted by Gasteiger charge is 2.39. The second-order valence-corrected chi connectivity index (χ2v) is 7.86. The summed E-state index contributed by atoms with van der Waals surface area (Å²) in [5.41, 5.74) is 2.66. The molecule has 0 bridgehead atoms. The van der Waals surface area contributed by atoms with Gasteiger partial charge in [0.2, 0.25) is 5.95 Å². The van der Waals surface area contributed by atoms with Crippen LogP contribution in [0, 0.1) is 0 Å². The highest BCUT2D eigenvalue weighted by Crippen LogP contribution is 2.42. The quantitative estimate of drug-likeness (QED) is 0.451. The van der Waals surface area contributed by atoms with Gasteiger partial charge in [-0.2, -0.15) is 10.1 Å². The summed E-state index contributed by atoms with van der Waals surface area (Å²) >= 11 is 0. The molecule has 0 radical (unpaired) electrons. The number of amides is 1. The molecular weight excluding hydrogens is 416 g/mol. The molecule has 0 spiro atoms. The van der Waals surface area contributed by atoms with Crippen molar-refractivity contribution in [2.24, 2.45) is 0 Å².